The van der Waals surface area contributed by atoms with Gasteiger partial charge in [-0.1, -0.05) is 0 Å². The van der Waals surface area contributed by atoms with Gasteiger partial charge in [-0.25, -0.2) is 4.98 Å². The van der Waals surface area contributed by atoms with E-state index in [1.54, 1.807) is 7.11 Å². The minimum absolute atomic E-state index is 0.427. The van der Waals surface area contributed by atoms with E-state index < -0.39 is 0 Å². The minimum atomic E-state index is 0.427. The molecule has 0 bridgehead atoms. The molecule has 4 heteroatoms. The molecule has 1 aromatic rings. The lowest BCUT2D eigenvalue weighted by Gasteiger charge is -2.24. The highest BCUT2D eigenvalue weighted by Gasteiger charge is 2.16. The zero-order chi connectivity index (χ0) is 8.39. The number of aromatic nitrogens is 2. The van der Waals surface area contributed by atoms with Crippen molar-refractivity contribution in [3.05, 3.63) is 18.2 Å². The van der Waals surface area contributed by atoms with Crippen molar-refractivity contribution in [2.24, 2.45) is 0 Å². The van der Waals surface area contributed by atoms with Gasteiger partial charge in [-0.05, 0) is 0 Å². The summed E-state index contributed by atoms with van der Waals surface area (Å²) in [7, 11) is 1.73. The molecule has 66 valence electrons. The molecular weight excluding hydrogens is 154 g/mol. The van der Waals surface area contributed by atoms with Crippen LogP contribution in [0, 0.1) is 0 Å². The number of hydrogen-bond acceptors (Lipinski definition) is 3. The number of nitrogens with one attached hydrogen (secondary N) is 1. The summed E-state index contributed by atoms with van der Waals surface area (Å²) in [5.74, 6) is 1.11. The topological polar surface area (TPSA) is 39.1 Å². The van der Waals surface area contributed by atoms with E-state index in [1.165, 1.54) is 0 Å². The van der Waals surface area contributed by atoms with Gasteiger partial charge in [-0.2, -0.15) is 0 Å². The average Bonchev–Trinajstić information content (AvgIpc) is 2.51. The van der Waals surface area contributed by atoms with Crippen molar-refractivity contribution in [2.75, 3.05) is 13.7 Å². The van der Waals surface area contributed by atoms with Crippen molar-refractivity contribution in [2.45, 2.75) is 19.1 Å². The molecule has 0 radical (unpaired) electrons. The van der Waals surface area contributed by atoms with E-state index in [2.05, 4.69) is 14.9 Å². The molecule has 0 fully saturated rings. The summed E-state index contributed by atoms with van der Waals surface area (Å²) in [4.78, 5) is 4.21. The fraction of sp³-hybridized carbons (Fsp3) is 0.625. The molecule has 4 nitrogen and oxygen atoms in total. The van der Waals surface area contributed by atoms with Crippen molar-refractivity contribution in [1.29, 1.82) is 0 Å². The Morgan fingerprint density at radius 2 is 2.75 bits per heavy atom. The quantitative estimate of drug-likeness (QED) is 0.674. The Kier molecular flexibility index (Phi) is 2.10. The van der Waals surface area contributed by atoms with Gasteiger partial charge in [-0.15, -0.1) is 0 Å². The standard InChI is InChI=1S/C8H13N3O/c1-12-6-7-5-11-3-2-9-8(11)4-10-7/h2-3,7,10H,4-6H2,1H3/t7-/m0/s1. The predicted octanol–water partition coefficient (Wildman–Crippen LogP) is 0.00130. The maximum Gasteiger partial charge on any atom is 0.122 e. The number of fused-ring (bicyclic) bond motifs is 1. The van der Waals surface area contributed by atoms with Crippen LogP contribution in [0.5, 0.6) is 0 Å². The number of hydrogen-bond donors (Lipinski definition) is 1. The Hall–Kier alpha value is -0.870. The van der Waals surface area contributed by atoms with Gasteiger partial charge in [0.05, 0.1) is 13.2 Å². The lowest BCUT2D eigenvalue weighted by Crippen LogP contribution is -2.41. The molecule has 1 aromatic heterocycles. The maximum absolute atomic E-state index is 5.08. The molecule has 1 aliphatic heterocycles. The molecular formula is C8H13N3O. The summed E-state index contributed by atoms with van der Waals surface area (Å²) in [6.45, 7) is 2.57. The Morgan fingerprint density at radius 3 is 3.58 bits per heavy atom. The van der Waals surface area contributed by atoms with Gasteiger partial charge in [0.15, 0.2) is 0 Å². The molecule has 0 saturated carbocycles. The highest BCUT2D eigenvalue weighted by atomic mass is 16.5. The van der Waals surface area contributed by atoms with E-state index in [0.717, 1.165) is 25.5 Å². The summed E-state index contributed by atoms with van der Waals surface area (Å²) < 4.78 is 7.24. The van der Waals surface area contributed by atoms with Crippen molar-refractivity contribution >= 4 is 0 Å². The summed E-state index contributed by atoms with van der Waals surface area (Å²) in [6.07, 6.45) is 3.85. The normalized spacial score (nSPS) is 22.2. The van der Waals surface area contributed by atoms with E-state index in [4.69, 9.17) is 4.74 Å². The number of methoxy groups -OCH3 is 1. The Bertz CT molecular complexity index is 259. The molecule has 0 aromatic carbocycles. The van der Waals surface area contributed by atoms with Crippen LogP contribution in [0.4, 0.5) is 0 Å². The van der Waals surface area contributed by atoms with Gasteiger partial charge < -0.3 is 14.6 Å². The third-order valence-electron chi connectivity index (χ3n) is 2.14. The number of nitrogens with zero attached hydrogens (tertiary/aromatic N) is 2. The van der Waals surface area contributed by atoms with Crippen molar-refractivity contribution in [3.63, 3.8) is 0 Å². The van der Waals surface area contributed by atoms with Gasteiger partial charge in [0.1, 0.15) is 5.82 Å². The predicted molar refractivity (Wildman–Crippen MR) is 44.7 cm³/mol. The summed E-state index contributed by atoms with van der Waals surface area (Å²) in [5.41, 5.74) is 0. The van der Waals surface area contributed by atoms with E-state index in [0.29, 0.717) is 6.04 Å². The number of ether oxygens (including phenoxy) is 1. The van der Waals surface area contributed by atoms with E-state index in [-0.39, 0.29) is 0 Å². The first-order valence-electron chi connectivity index (χ1n) is 4.12. The van der Waals surface area contributed by atoms with Crippen LogP contribution in [-0.4, -0.2) is 29.3 Å². The summed E-state index contributed by atoms with van der Waals surface area (Å²) in [5, 5.41) is 3.35. The van der Waals surface area contributed by atoms with Crippen LogP contribution < -0.4 is 5.32 Å². The molecule has 1 atom stereocenters. The monoisotopic (exact) mass is 167 g/mol. The van der Waals surface area contributed by atoms with Gasteiger partial charge in [-0.3, -0.25) is 0 Å². The second kappa shape index (κ2) is 3.25. The third-order valence-corrected chi connectivity index (χ3v) is 2.14. The molecule has 0 spiro atoms. The van der Waals surface area contributed by atoms with Crippen LogP contribution in [0.2, 0.25) is 0 Å². The molecule has 12 heavy (non-hydrogen) atoms. The smallest absolute Gasteiger partial charge is 0.122 e. The molecule has 1 N–H and O–H groups in total. The van der Waals surface area contributed by atoms with E-state index in [9.17, 15) is 0 Å². The highest BCUT2D eigenvalue weighted by Crippen LogP contribution is 2.06. The van der Waals surface area contributed by atoms with Crippen LogP contribution >= 0.6 is 0 Å². The van der Waals surface area contributed by atoms with Crippen molar-refractivity contribution < 1.29 is 4.74 Å². The number of imidazole rings is 1. The molecule has 2 heterocycles. The Labute approximate surface area is 71.6 Å². The molecule has 0 saturated heterocycles. The van der Waals surface area contributed by atoms with Crippen LogP contribution in [0.1, 0.15) is 5.82 Å². The molecule has 0 amide bonds. The first-order chi connectivity index (χ1) is 5.90. The van der Waals surface area contributed by atoms with Gasteiger partial charge >= 0.3 is 0 Å². The van der Waals surface area contributed by atoms with Crippen LogP contribution in [0.3, 0.4) is 0 Å². The lowest BCUT2D eigenvalue weighted by molar-refractivity contribution is 0.150. The third kappa shape index (κ3) is 1.35. The minimum Gasteiger partial charge on any atom is -0.383 e. The fourth-order valence-electron chi connectivity index (χ4n) is 1.52. The zero-order valence-electron chi connectivity index (χ0n) is 7.16. The fourth-order valence-corrected chi connectivity index (χ4v) is 1.52. The maximum atomic E-state index is 5.08. The van der Waals surface area contributed by atoms with Crippen molar-refractivity contribution in [1.82, 2.24) is 14.9 Å². The first kappa shape index (κ1) is 7.76. The van der Waals surface area contributed by atoms with Crippen molar-refractivity contribution in [3.8, 4) is 0 Å². The van der Waals surface area contributed by atoms with Gasteiger partial charge in [0.2, 0.25) is 0 Å². The molecule has 1 aliphatic rings. The molecule has 2 rings (SSSR count). The summed E-state index contributed by atoms with van der Waals surface area (Å²) >= 11 is 0. The van der Waals surface area contributed by atoms with Gasteiger partial charge in [0.25, 0.3) is 0 Å². The van der Waals surface area contributed by atoms with Crippen LogP contribution in [0.15, 0.2) is 12.4 Å². The van der Waals surface area contributed by atoms with E-state index >= 15 is 0 Å². The van der Waals surface area contributed by atoms with E-state index in [1.807, 2.05) is 12.4 Å². The average molecular weight is 167 g/mol. The lowest BCUT2D eigenvalue weighted by atomic mass is 10.2. The van der Waals surface area contributed by atoms with Crippen LogP contribution in [-0.2, 0) is 17.8 Å². The zero-order valence-corrected chi connectivity index (χ0v) is 7.16. The van der Waals surface area contributed by atoms with Gasteiger partial charge in [0, 0.05) is 32.1 Å². The Balaban J connectivity index is 2.05. The molecule has 0 aliphatic carbocycles. The second-order valence-electron chi connectivity index (χ2n) is 3.03. The largest absolute Gasteiger partial charge is 0.383 e. The Morgan fingerprint density at radius 1 is 1.83 bits per heavy atom. The first-order valence-corrected chi connectivity index (χ1v) is 4.12. The molecule has 0 unspecified atom stereocenters. The van der Waals surface area contributed by atoms with Crippen LogP contribution in [0.25, 0.3) is 0 Å². The summed E-state index contributed by atoms with van der Waals surface area (Å²) in [6, 6.07) is 0.427. The SMILES string of the molecule is COC[C@@H]1Cn2ccnc2CN1. The second-order valence-corrected chi connectivity index (χ2v) is 3.03. The number of rotatable bonds is 2. The highest BCUT2D eigenvalue weighted by molar-refractivity contribution is 4.96.